The molecule has 0 unspecified atom stereocenters. The molecule has 37 heavy (non-hydrogen) atoms. The van der Waals surface area contributed by atoms with Crippen molar-refractivity contribution in [3.8, 4) is 0 Å². The zero-order valence-electron chi connectivity index (χ0n) is 21.0. The van der Waals surface area contributed by atoms with Gasteiger partial charge in [0, 0.05) is 6.92 Å². The quantitative estimate of drug-likeness (QED) is 0.264. The van der Waals surface area contributed by atoms with Crippen molar-refractivity contribution in [1.29, 1.82) is 0 Å². The number of thioether (sulfide) groups is 2. The van der Waals surface area contributed by atoms with Crippen LogP contribution in [0.4, 0.5) is 8.78 Å². The van der Waals surface area contributed by atoms with E-state index in [0.29, 0.717) is 11.1 Å². The molecule has 4 saturated heterocycles. The number of alkyl halides is 2. The molecule has 0 amide bonds. The molecule has 0 aliphatic carbocycles. The van der Waals surface area contributed by atoms with Gasteiger partial charge < -0.3 is 40.2 Å². The highest BCUT2D eigenvalue weighted by Crippen LogP contribution is 2.39. The van der Waals surface area contributed by atoms with Gasteiger partial charge >= 0.3 is 5.97 Å². The number of nitrogens with one attached hydrogen (secondary N) is 2. The fraction of sp³-hybridized carbons (Fsp3) is 0.864. The average Bonchev–Trinajstić information content (AvgIpc) is 3.49. The molecule has 11 nitrogen and oxygen atoms in total. The van der Waals surface area contributed by atoms with Crippen LogP contribution in [0.25, 0.3) is 0 Å². The predicted octanol–water partition coefficient (Wildman–Crippen LogP) is 0.0330. The number of amidine groups is 2. The molecular formula is C22H36F2N4O7S2. The van der Waals surface area contributed by atoms with Crippen LogP contribution in [0.5, 0.6) is 0 Å². The highest BCUT2D eigenvalue weighted by Gasteiger charge is 2.49. The van der Waals surface area contributed by atoms with Crippen LogP contribution in [0.2, 0.25) is 0 Å². The van der Waals surface area contributed by atoms with Crippen molar-refractivity contribution in [2.75, 3.05) is 39.7 Å². The number of aliphatic imine (C=N–C) groups is 2. The molecule has 5 N–H and O–H groups in total. The van der Waals surface area contributed by atoms with Crippen molar-refractivity contribution >= 4 is 39.8 Å². The van der Waals surface area contributed by atoms with Gasteiger partial charge in [-0.1, -0.05) is 37.4 Å². The van der Waals surface area contributed by atoms with Gasteiger partial charge in [-0.25, -0.2) is 8.78 Å². The van der Waals surface area contributed by atoms with Gasteiger partial charge in [0.2, 0.25) is 0 Å². The summed E-state index contributed by atoms with van der Waals surface area (Å²) in [6.07, 6.45) is -3.10. The van der Waals surface area contributed by atoms with Crippen LogP contribution in [0.15, 0.2) is 9.98 Å². The van der Waals surface area contributed by atoms with Crippen molar-refractivity contribution < 1.29 is 43.1 Å². The lowest BCUT2D eigenvalue weighted by atomic mass is 9.83. The molecular weight excluding hydrogens is 534 g/mol. The van der Waals surface area contributed by atoms with Gasteiger partial charge in [-0.3, -0.25) is 14.8 Å². The molecule has 0 spiro atoms. The number of carbonyl (C=O) groups is 1. The smallest absolute Gasteiger partial charge is 0.302 e. The number of esters is 1. The zero-order chi connectivity index (χ0) is 27.1. The minimum atomic E-state index is -1.14. The summed E-state index contributed by atoms with van der Waals surface area (Å²) in [4.78, 5) is 19.0. The number of carbonyl (C=O) groups excluding carboxylic acids is 1. The normalized spacial score (nSPS) is 40.8. The highest BCUT2D eigenvalue weighted by atomic mass is 32.2. The number of ether oxygens (including phenoxy) is 3. The van der Waals surface area contributed by atoms with Crippen LogP contribution in [0.1, 0.15) is 20.8 Å². The summed E-state index contributed by atoms with van der Waals surface area (Å²) in [5.74, 6) is 0.335. The molecule has 15 heteroatoms. The molecule has 4 rings (SSSR count). The van der Waals surface area contributed by atoms with E-state index in [-0.39, 0.29) is 55.8 Å². The van der Waals surface area contributed by atoms with E-state index in [1.807, 2.05) is 0 Å². The minimum absolute atomic E-state index is 0.0524. The Morgan fingerprint density at radius 2 is 1.49 bits per heavy atom. The van der Waals surface area contributed by atoms with Crippen molar-refractivity contribution in [2.45, 2.75) is 68.1 Å². The largest absolute Gasteiger partial charge is 0.463 e. The third-order valence-corrected chi connectivity index (χ3v) is 8.85. The summed E-state index contributed by atoms with van der Waals surface area (Å²) >= 11 is 2.72. The third-order valence-electron chi connectivity index (χ3n) is 6.63. The summed E-state index contributed by atoms with van der Waals surface area (Å²) in [7, 11) is 0. The van der Waals surface area contributed by atoms with Crippen molar-refractivity contribution in [1.82, 2.24) is 10.6 Å². The Labute approximate surface area is 223 Å². The number of aliphatic hydroxyl groups is 3. The standard InChI is InChI=1S/C13H21FN2O3S.C9H15FN2O4S/c1-7-8(2)11-12(19-10(7)6-18-9(3)17)20-13(16-11)15-5-4-14;10-1-2-11-9-12-5-7(15)6(14)4(3-13)16-8(5)17-9/h7-8,10-12H,4-6H2,1-3H3,(H,15,16);4-8,13-15H,1-3H2,(H,11,12)/t7-,8-,10+,11+,12+;4-,5-,6-,7-,8-/m01/s1. The lowest BCUT2D eigenvalue weighted by Crippen LogP contribution is -2.59. The lowest BCUT2D eigenvalue weighted by Gasteiger charge is -2.40. The van der Waals surface area contributed by atoms with Crippen LogP contribution >= 0.6 is 23.5 Å². The number of halogens is 2. The first-order chi connectivity index (χ1) is 17.7. The average molecular weight is 571 g/mol. The Morgan fingerprint density at radius 3 is 2.03 bits per heavy atom. The molecule has 0 bridgehead atoms. The van der Waals surface area contributed by atoms with E-state index in [0.717, 1.165) is 5.17 Å². The monoisotopic (exact) mass is 570 g/mol. The van der Waals surface area contributed by atoms with Gasteiger partial charge in [-0.15, -0.1) is 0 Å². The van der Waals surface area contributed by atoms with E-state index in [4.69, 9.17) is 19.3 Å². The van der Waals surface area contributed by atoms with Gasteiger partial charge in [0.15, 0.2) is 10.3 Å². The molecule has 0 radical (unpaired) electrons. The molecule has 212 valence electrons. The summed E-state index contributed by atoms with van der Waals surface area (Å²) < 4.78 is 40.6. The summed E-state index contributed by atoms with van der Waals surface area (Å²) in [5.41, 5.74) is -0.482. The fourth-order valence-electron chi connectivity index (χ4n) is 4.35. The predicted molar refractivity (Wildman–Crippen MR) is 137 cm³/mol. The van der Waals surface area contributed by atoms with Gasteiger partial charge in [-0.2, -0.15) is 0 Å². The number of nitrogens with zero attached hydrogens (tertiary/aromatic N) is 2. The fourth-order valence-corrected chi connectivity index (χ4v) is 6.76. The maximum Gasteiger partial charge on any atom is 0.302 e. The molecule has 10 atom stereocenters. The molecule has 4 aliphatic heterocycles. The molecule has 0 saturated carbocycles. The Kier molecular flexibility index (Phi) is 11.7. The van der Waals surface area contributed by atoms with Gasteiger partial charge in [0.25, 0.3) is 0 Å². The Hall–Kier alpha value is -1.23. The van der Waals surface area contributed by atoms with Crippen LogP contribution in [0, 0.1) is 11.8 Å². The first-order valence-electron chi connectivity index (χ1n) is 12.2. The number of hydrogen-bond donors (Lipinski definition) is 5. The maximum atomic E-state index is 12.2. The second-order valence-electron chi connectivity index (χ2n) is 9.10. The number of rotatable bonds is 7. The van der Waals surface area contributed by atoms with E-state index in [2.05, 4.69) is 34.5 Å². The molecule has 4 heterocycles. The maximum absolute atomic E-state index is 12.2. The number of fused-ring (bicyclic) bond motifs is 2. The topological polar surface area (TPSA) is 154 Å². The van der Waals surface area contributed by atoms with Gasteiger partial charge in [0.05, 0.1) is 37.9 Å². The molecule has 4 aliphatic rings. The zero-order valence-corrected chi connectivity index (χ0v) is 22.6. The Morgan fingerprint density at radius 1 is 0.946 bits per heavy atom. The van der Waals surface area contributed by atoms with Crippen LogP contribution in [-0.4, -0.2) is 119 Å². The molecule has 0 aromatic rings. The molecule has 0 aromatic heterocycles. The minimum Gasteiger partial charge on any atom is -0.463 e. The second-order valence-corrected chi connectivity index (χ2v) is 11.3. The first kappa shape index (κ1) is 30.3. The van der Waals surface area contributed by atoms with E-state index >= 15 is 0 Å². The number of hydrogen-bond acceptors (Lipinski definition) is 11. The van der Waals surface area contributed by atoms with Crippen molar-refractivity contribution in [3.63, 3.8) is 0 Å². The van der Waals surface area contributed by atoms with E-state index in [1.54, 1.807) is 0 Å². The lowest BCUT2D eigenvalue weighted by molar-refractivity contribution is -0.167. The number of aliphatic hydroxyl groups excluding tert-OH is 3. The molecule has 0 aromatic carbocycles. The van der Waals surface area contributed by atoms with E-state index < -0.39 is 43.1 Å². The van der Waals surface area contributed by atoms with Gasteiger partial charge in [0.1, 0.15) is 49.1 Å². The molecule has 4 fully saturated rings. The van der Waals surface area contributed by atoms with Crippen LogP contribution < -0.4 is 10.6 Å². The van der Waals surface area contributed by atoms with Crippen LogP contribution in [-0.2, 0) is 19.0 Å². The Bertz CT molecular complexity index is 830. The summed E-state index contributed by atoms with van der Waals surface area (Å²) in [6, 6.07) is -0.321. The van der Waals surface area contributed by atoms with Crippen LogP contribution in [0.3, 0.4) is 0 Å². The summed E-state index contributed by atoms with van der Waals surface area (Å²) in [6.45, 7) is 4.78. The Balaban J connectivity index is 0.000000208. The second kappa shape index (κ2) is 14.2. The van der Waals surface area contributed by atoms with Crippen molar-refractivity contribution in [2.24, 2.45) is 21.8 Å². The third kappa shape index (κ3) is 7.67. The van der Waals surface area contributed by atoms with Crippen molar-refractivity contribution in [3.05, 3.63) is 0 Å². The van der Waals surface area contributed by atoms with E-state index in [1.165, 1.54) is 30.4 Å². The van der Waals surface area contributed by atoms with E-state index in [9.17, 15) is 23.8 Å². The first-order valence-corrected chi connectivity index (χ1v) is 13.9. The SMILES string of the molecule is CC(=O)OC[C@H]1O[C@@H]2SC(=NCCF)N[C@@H]2[C@@H](C)[C@@H]1C.OC[C@H]1O[C@@H]2SC(=NCCF)N[C@@H]2[C@@H](O)[C@@H]1O. The highest BCUT2D eigenvalue weighted by molar-refractivity contribution is 8.14. The summed E-state index contributed by atoms with van der Waals surface area (Å²) in [5, 5.41) is 35.9. The van der Waals surface area contributed by atoms with Gasteiger partial charge in [-0.05, 0) is 11.8 Å².